The number of hydrogen-bond donors (Lipinski definition) is 1. The van der Waals surface area contributed by atoms with Gasteiger partial charge in [0, 0.05) is 12.6 Å². The van der Waals surface area contributed by atoms with Crippen molar-refractivity contribution in [1.29, 1.82) is 0 Å². The van der Waals surface area contributed by atoms with Crippen LogP contribution in [0.1, 0.15) is 36.1 Å². The van der Waals surface area contributed by atoms with Gasteiger partial charge in [0.05, 0.1) is 5.92 Å². The molecule has 1 aromatic carbocycles. The summed E-state index contributed by atoms with van der Waals surface area (Å²) in [5.41, 5.74) is 2.36. The Morgan fingerprint density at radius 2 is 2.09 bits per heavy atom. The largest absolute Gasteiger partial charge is 0.481 e. The maximum atomic E-state index is 13.0. The number of carboxylic acids is 1. The van der Waals surface area contributed by atoms with E-state index in [1.807, 2.05) is 23.1 Å². The van der Waals surface area contributed by atoms with Crippen molar-refractivity contribution in [2.75, 3.05) is 12.3 Å². The molecule has 0 aromatic heterocycles. The number of rotatable bonds is 5. The number of aliphatic carboxylic acids is 1. The molecular weight excluding hydrogens is 298 g/mol. The topological polar surface area (TPSA) is 57.6 Å². The first-order chi connectivity index (χ1) is 10.6. The third-order valence-corrected chi connectivity index (χ3v) is 5.61. The molecule has 4 nitrogen and oxygen atoms in total. The molecule has 2 aliphatic rings. The number of nitrogens with zero attached hydrogens (tertiary/aromatic N) is 1. The van der Waals surface area contributed by atoms with E-state index in [-0.39, 0.29) is 17.2 Å². The van der Waals surface area contributed by atoms with E-state index in [1.165, 1.54) is 5.56 Å². The van der Waals surface area contributed by atoms with Crippen LogP contribution in [0.25, 0.3) is 0 Å². The van der Waals surface area contributed by atoms with E-state index in [4.69, 9.17) is 5.11 Å². The lowest BCUT2D eigenvalue weighted by Crippen LogP contribution is -2.41. The third-order valence-electron chi connectivity index (χ3n) is 4.38. The van der Waals surface area contributed by atoms with E-state index in [0.717, 1.165) is 30.6 Å². The van der Waals surface area contributed by atoms with Crippen LogP contribution in [0.3, 0.4) is 0 Å². The van der Waals surface area contributed by atoms with E-state index in [9.17, 15) is 9.59 Å². The number of carboxylic acid groups (broad SMARTS) is 1. The van der Waals surface area contributed by atoms with Crippen LogP contribution in [0.15, 0.2) is 24.3 Å². The summed E-state index contributed by atoms with van der Waals surface area (Å²) in [7, 11) is 0. The summed E-state index contributed by atoms with van der Waals surface area (Å²) in [6.45, 7) is 1.99. The Hall–Kier alpha value is -1.49. The van der Waals surface area contributed by atoms with Gasteiger partial charge in [-0.15, -0.1) is 11.8 Å². The standard InChI is InChI=1S/C17H21NO3S/c1-11(17(20)21)10-18(13-6-7-13)16(19)15-14-5-3-2-4-12(14)8-9-22-15/h2-5,11,13,15H,6-10H2,1H3,(H,20,21)/t11-,15+/m1/s1. The summed E-state index contributed by atoms with van der Waals surface area (Å²) in [6, 6.07) is 8.37. The fraction of sp³-hybridized carbons (Fsp3) is 0.529. The fourth-order valence-electron chi connectivity index (χ4n) is 2.93. The zero-order valence-corrected chi connectivity index (χ0v) is 13.5. The molecule has 118 valence electrons. The third kappa shape index (κ3) is 3.14. The molecule has 3 rings (SSSR count). The normalized spacial score (nSPS) is 21.8. The van der Waals surface area contributed by atoms with Crippen LogP contribution >= 0.6 is 11.8 Å². The van der Waals surface area contributed by atoms with Gasteiger partial charge in [0.25, 0.3) is 0 Å². The Balaban J connectivity index is 1.81. The van der Waals surface area contributed by atoms with Crippen molar-refractivity contribution in [3.05, 3.63) is 35.4 Å². The molecule has 1 saturated carbocycles. The summed E-state index contributed by atoms with van der Waals surface area (Å²) < 4.78 is 0. The number of benzene rings is 1. The zero-order chi connectivity index (χ0) is 15.7. The molecule has 2 atom stereocenters. The van der Waals surface area contributed by atoms with Crippen LogP contribution in [-0.4, -0.2) is 40.2 Å². The van der Waals surface area contributed by atoms with Crippen LogP contribution in [0.5, 0.6) is 0 Å². The predicted molar refractivity (Wildman–Crippen MR) is 86.9 cm³/mol. The van der Waals surface area contributed by atoms with Gasteiger partial charge in [-0.1, -0.05) is 31.2 Å². The minimum atomic E-state index is -0.838. The number of aryl methyl sites for hydroxylation is 1. The predicted octanol–water partition coefficient (Wildman–Crippen LogP) is 2.73. The average molecular weight is 319 g/mol. The quantitative estimate of drug-likeness (QED) is 0.906. The van der Waals surface area contributed by atoms with Crippen LogP contribution in [0.2, 0.25) is 0 Å². The second-order valence-corrected chi connectivity index (χ2v) is 7.37. The van der Waals surface area contributed by atoms with Gasteiger partial charge in [0.1, 0.15) is 5.25 Å². The molecule has 0 unspecified atom stereocenters. The van der Waals surface area contributed by atoms with Crippen molar-refractivity contribution in [1.82, 2.24) is 4.90 Å². The Morgan fingerprint density at radius 1 is 1.36 bits per heavy atom. The molecule has 0 radical (unpaired) electrons. The van der Waals surface area contributed by atoms with Crippen LogP contribution in [0, 0.1) is 5.92 Å². The lowest BCUT2D eigenvalue weighted by molar-refractivity contribution is -0.143. The van der Waals surface area contributed by atoms with Crippen LogP contribution in [0.4, 0.5) is 0 Å². The van der Waals surface area contributed by atoms with Gasteiger partial charge < -0.3 is 10.0 Å². The Morgan fingerprint density at radius 3 is 2.77 bits per heavy atom. The molecule has 1 amide bonds. The highest BCUT2D eigenvalue weighted by Gasteiger charge is 2.39. The lowest BCUT2D eigenvalue weighted by atomic mass is 10.0. The molecule has 0 saturated heterocycles. The SMILES string of the molecule is C[C@H](CN(C(=O)[C@H]1SCCc2ccccc21)C1CC1)C(=O)O. The molecule has 1 heterocycles. The molecular formula is C17H21NO3S. The zero-order valence-electron chi connectivity index (χ0n) is 12.7. The summed E-state index contributed by atoms with van der Waals surface area (Å²) in [6.07, 6.45) is 2.99. The van der Waals surface area contributed by atoms with Gasteiger partial charge >= 0.3 is 5.97 Å². The molecule has 5 heteroatoms. The second-order valence-electron chi connectivity index (χ2n) is 6.16. The Bertz CT molecular complexity index is 585. The van der Waals surface area contributed by atoms with Gasteiger partial charge in [-0.3, -0.25) is 9.59 Å². The van der Waals surface area contributed by atoms with Crippen molar-refractivity contribution < 1.29 is 14.7 Å². The van der Waals surface area contributed by atoms with E-state index >= 15 is 0 Å². The van der Waals surface area contributed by atoms with Gasteiger partial charge in [-0.05, 0) is 36.1 Å². The molecule has 22 heavy (non-hydrogen) atoms. The van der Waals surface area contributed by atoms with Crippen LogP contribution in [-0.2, 0) is 16.0 Å². The number of carbonyl (C=O) groups is 2. The van der Waals surface area contributed by atoms with E-state index in [1.54, 1.807) is 18.7 Å². The van der Waals surface area contributed by atoms with E-state index in [0.29, 0.717) is 6.54 Å². The summed E-state index contributed by atoms with van der Waals surface area (Å²) >= 11 is 1.68. The number of amides is 1. The first kappa shape index (κ1) is 15.4. The highest BCUT2D eigenvalue weighted by Crippen LogP contribution is 2.40. The lowest BCUT2D eigenvalue weighted by Gasteiger charge is -2.31. The molecule has 1 aliphatic heterocycles. The first-order valence-electron chi connectivity index (χ1n) is 7.80. The number of carbonyl (C=O) groups excluding carboxylic acids is 1. The van der Waals surface area contributed by atoms with E-state index in [2.05, 4.69) is 6.07 Å². The minimum absolute atomic E-state index is 0.0905. The maximum absolute atomic E-state index is 13.0. The molecule has 1 aliphatic carbocycles. The minimum Gasteiger partial charge on any atom is -0.481 e. The van der Waals surface area contributed by atoms with Crippen molar-refractivity contribution in [3.63, 3.8) is 0 Å². The molecule has 1 fully saturated rings. The molecule has 1 aromatic rings. The van der Waals surface area contributed by atoms with Crippen molar-refractivity contribution in [3.8, 4) is 0 Å². The van der Waals surface area contributed by atoms with Gasteiger partial charge in [0.2, 0.25) is 5.91 Å². The van der Waals surface area contributed by atoms with Gasteiger partial charge in [-0.2, -0.15) is 0 Å². The molecule has 0 spiro atoms. The Kier molecular flexibility index (Phi) is 4.43. The van der Waals surface area contributed by atoms with E-state index < -0.39 is 11.9 Å². The fourth-order valence-corrected chi connectivity index (χ4v) is 4.19. The van der Waals surface area contributed by atoms with Crippen molar-refractivity contribution in [2.45, 2.75) is 37.5 Å². The summed E-state index contributed by atoms with van der Waals surface area (Å²) in [5.74, 6) is -0.322. The number of thioether (sulfide) groups is 1. The molecule has 1 N–H and O–H groups in total. The highest BCUT2D eigenvalue weighted by molar-refractivity contribution is 8.00. The van der Waals surface area contributed by atoms with Crippen LogP contribution < -0.4 is 0 Å². The summed E-state index contributed by atoms with van der Waals surface area (Å²) in [4.78, 5) is 26.0. The average Bonchev–Trinajstić information content (AvgIpc) is 3.35. The maximum Gasteiger partial charge on any atom is 0.308 e. The molecule has 0 bridgehead atoms. The van der Waals surface area contributed by atoms with Crippen molar-refractivity contribution >= 4 is 23.6 Å². The van der Waals surface area contributed by atoms with Gasteiger partial charge in [0.15, 0.2) is 0 Å². The second kappa shape index (κ2) is 6.32. The smallest absolute Gasteiger partial charge is 0.308 e. The Labute approximate surface area is 134 Å². The van der Waals surface area contributed by atoms with Gasteiger partial charge in [-0.25, -0.2) is 0 Å². The number of fused-ring (bicyclic) bond motifs is 1. The first-order valence-corrected chi connectivity index (χ1v) is 8.85. The highest BCUT2D eigenvalue weighted by atomic mass is 32.2. The summed E-state index contributed by atoms with van der Waals surface area (Å²) in [5, 5.41) is 8.97. The monoisotopic (exact) mass is 319 g/mol. The van der Waals surface area contributed by atoms with Crippen molar-refractivity contribution in [2.24, 2.45) is 5.92 Å². The number of hydrogen-bond acceptors (Lipinski definition) is 3.